The first-order chi connectivity index (χ1) is 12.1. The summed E-state index contributed by atoms with van der Waals surface area (Å²) in [6.45, 7) is 5.01. The van der Waals surface area contributed by atoms with Crippen molar-refractivity contribution in [3.05, 3.63) is 47.5 Å². The molecule has 0 bridgehead atoms. The molecule has 1 aromatic heterocycles. The fourth-order valence-corrected chi connectivity index (χ4v) is 3.46. The molecule has 1 fully saturated rings. The van der Waals surface area contributed by atoms with Crippen LogP contribution >= 0.6 is 0 Å². The van der Waals surface area contributed by atoms with Gasteiger partial charge < -0.3 is 5.73 Å². The van der Waals surface area contributed by atoms with E-state index >= 15 is 0 Å². The number of nitrogens with two attached hydrogens (primary N) is 1. The zero-order valence-corrected chi connectivity index (χ0v) is 14.9. The molecular formula is C19H27N5O. The lowest BCUT2D eigenvalue weighted by Gasteiger charge is -2.27. The standard InChI is InChI=1S/C19H27N5O/c1-15(23-11-7-2-3-8-12-23)19-21-18(13-17(20)25)22-24(19)14-16-9-5-4-6-10-16/h4-6,9-10,15H,2-3,7-8,11-14H2,1H3,(H2,20,25). The predicted octanol–water partition coefficient (Wildman–Crippen LogP) is 2.29. The number of primary amides is 1. The average molecular weight is 341 g/mol. The van der Waals surface area contributed by atoms with E-state index in [0.29, 0.717) is 12.4 Å². The van der Waals surface area contributed by atoms with E-state index in [4.69, 9.17) is 5.73 Å². The second kappa shape index (κ2) is 8.25. The smallest absolute Gasteiger partial charge is 0.225 e. The van der Waals surface area contributed by atoms with Gasteiger partial charge in [0.1, 0.15) is 5.82 Å². The van der Waals surface area contributed by atoms with Crippen LogP contribution in [0.4, 0.5) is 0 Å². The largest absolute Gasteiger partial charge is 0.369 e. The Hall–Kier alpha value is -2.21. The molecule has 1 saturated heterocycles. The molecule has 25 heavy (non-hydrogen) atoms. The third-order valence-corrected chi connectivity index (χ3v) is 4.81. The third-order valence-electron chi connectivity index (χ3n) is 4.81. The fourth-order valence-electron chi connectivity index (χ4n) is 3.46. The van der Waals surface area contributed by atoms with Crippen LogP contribution in [0.25, 0.3) is 0 Å². The molecule has 1 atom stereocenters. The van der Waals surface area contributed by atoms with E-state index in [1.165, 1.54) is 31.2 Å². The van der Waals surface area contributed by atoms with Crippen LogP contribution in [0.5, 0.6) is 0 Å². The van der Waals surface area contributed by atoms with E-state index < -0.39 is 5.91 Å². The number of amides is 1. The van der Waals surface area contributed by atoms with Crippen LogP contribution in [0.15, 0.2) is 30.3 Å². The van der Waals surface area contributed by atoms with E-state index in [2.05, 4.69) is 34.0 Å². The van der Waals surface area contributed by atoms with Crippen molar-refractivity contribution in [2.75, 3.05) is 13.1 Å². The maximum absolute atomic E-state index is 11.3. The van der Waals surface area contributed by atoms with Crippen LogP contribution in [-0.4, -0.2) is 38.7 Å². The molecule has 3 rings (SSSR count). The Morgan fingerprint density at radius 2 is 1.84 bits per heavy atom. The van der Waals surface area contributed by atoms with E-state index in [-0.39, 0.29) is 12.5 Å². The van der Waals surface area contributed by atoms with Gasteiger partial charge in [-0.2, -0.15) is 5.10 Å². The molecule has 0 radical (unpaired) electrons. The van der Waals surface area contributed by atoms with Crippen LogP contribution in [-0.2, 0) is 17.8 Å². The van der Waals surface area contributed by atoms with Gasteiger partial charge in [-0.3, -0.25) is 9.69 Å². The number of benzene rings is 1. The predicted molar refractivity (Wildman–Crippen MR) is 96.9 cm³/mol. The summed E-state index contributed by atoms with van der Waals surface area (Å²) in [5, 5.41) is 4.56. The van der Waals surface area contributed by atoms with E-state index in [1.807, 2.05) is 22.9 Å². The number of hydrogen-bond acceptors (Lipinski definition) is 4. The summed E-state index contributed by atoms with van der Waals surface area (Å²) < 4.78 is 1.93. The molecule has 1 aliphatic rings. The zero-order valence-electron chi connectivity index (χ0n) is 14.9. The number of likely N-dealkylation sites (tertiary alicyclic amines) is 1. The van der Waals surface area contributed by atoms with Crippen molar-refractivity contribution < 1.29 is 4.79 Å². The summed E-state index contributed by atoms with van der Waals surface area (Å²) in [5.41, 5.74) is 6.51. The first-order valence-corrected chi connectivity index (χ1v) is 9.13. The van der Waals surface area contributed by atoms with Crippen LogP contribution in [0.1, 0.15) is 55.9 Å². The lowest BCUT2D eigenvalue weighted by atomic mass is 10.2. The van der Waals surface area contributed by atoms with Crippen molar-refractivity contribution in [3.63, 3.8) is 0 Å². The monoisotopic (exact) mass is 341 g/mol. The van der Waals surface area contributed by atoms with Crippen molar-refractivity contribution in [2.24, 2.45) is 5.73 Å². The molecule has 1 amide bonds. The molecule has 0 spiro atoms. The minimum absolute atomic E-state index is 0.0848. The topological polar surface area (TPSA) is 77.0 Å². The molecule has 1 aliphatic heterocycles. The molecule has 6 nitrogen and oxygen atoms in total. The van der Waals surface area contributed by atoms with Crippen molar-refractivity contribution >= 4 is 5.91 Å². The molecular weight excluding hydrogens is 314 g/mol. The summed E-state index contributed by atoms with van der Waals surface area (Å²) in [6, 6.07) is 10.4. The molecule has 134 valence electrons. The van der Waals surface area contributed by atoms with Gasteiger partial charge in [0.15, 0.2) is 5.82 Å². The Balaban J connectivity index is 1.86. The van der Waals surface area contributed by atoms with Gasteiger partial charge in [0, 0.05) is 0 Å². The Kier molecular flexibility index (Phi) is 5.81. The molecule has 0 saturated carbocycles. The lowest BCUT2D eigenvalue weighted by molar-refractivity contribution is -0.117. The second-order valence-corrected chi connectivity index (χ2v) is 6.80. The van der Waals surface area contributed by atoms with Gasteiger partial charge in [0.2, 0.25) is 5.91 Å². The molecule has 0 aliphatic carbocycles. The summed E-state index contributed by atoms with van der Waals surface area (Å²) in [6.07, 6.45) is 5.14. The number of rotatable bonds is 6. The maximum atomic E-state index is 11.3. The fraction of sp³-hybridized carbons (Fsp3) is 0.526. The first kappa shape index (κ1) is 17.6. The normalized spacial score (nSPS) is 17.2. The van der Waals surface area contributed by atoms with Crippen molar-refractivity contribution in [1.29, 1.82) is 0 Å². The third kappa shape index (κ3) is 4.66. The van der Waals surface area contributed by atoms with Crippen LogP contribution in [0.2, 0.25) is 0 Å². The Morgan fingerprint density at radius 3 is 2.48 bits per heavy atom. The molecule has 6 heteroatoms. The van der Waals surface area contributed by atoms with Gasteiger partial charge in [0.25, 0.3) is 0 Å². The number of hydrogen-bond donors (Lipinski definition) is 1. The highest BCUT2D eigenvalue weighted by molar-refractivity contribution is 5.75. The van der Waals surface area contributed by atoms with Gasteiger partial charge in [-0.1, -0.05) is 43.2 Å². The maximum Gasteiger partial charge on any atom is 0.225 e. The quantitative estimate of drug-likeness (QED) is 0.874. The number of carbonyl (C=O) groups is 1. The molecule has 1 unspecified atom stereocenters. The van der Waals surface area contributed by atoms with Gasteiger partial charge in [-0.15, -0.1) is 0 Å². The van der Waals surface area contributed by atoms with Gasteiger partial charge in [-0.25, -0.2) is 9.67 Å². The van der Waals surface area contributed by atoms with E-state index in [9.17, 15) is 4.79 Å². The van der Waals surface area contributed by atoms with E-state index in [1.54, 1.807) is 0 Å². The van der Waals surface area contributed by atoms with E-state index in [0.717, 1.165) is 18.9 Å². The van der Waals surface area contributed by atoms with Gasteiger partial charge in [-0.05, 0) is 38.4 Å². The second-order valence-electron chi connectivity index (χ2n) is 6.80. The van der Waals surface area contributed by atoms with Gasteiger partial charge >= 0.3 is 0 Å². The minimum Gasteiger partial charge on any atom is -0.369 e. The Bertz CT molecular complexity index is 689. The summed E-state index contributed by atoms with van der Waals surface area (Å²) >= 11 is 0. The van der Waals surface area contributed by atoms with Crippen molar-refractivity contribution in [2.45, 2.75) is 51.6 Å². The summed E-state index contributed by atoms with van der Waals surface area (Å²) in [4.78, 5) is 18.4. The number of carbonyl (C=O) groups excluding carboxylic acids is 1. The van der Waals surface area contributed by atoms with Crippen molar-refractivity contribution in [1.82, 2.24) is 19.7 Å². The number of nitrogens with zero attached hydrogens (tertiary/aromatic N) is 4. The van der Waals surface area contributed by atoms with Crippen LogP contribution in [0, 0.1) is 0 Å². The Morgan fingerprint density at radius 1 is 1.16 bits per heavy atom. The first-order valence-electron chi connectivity index (χ1n) is 9.13. The molecule has 2 aromatic rings. The molecule has 1 aromatic carbocycles. The number of aromatic nitrogens is 3. The van der Waals surface area contributed by atoms with Crippen molar-refractivity contribution in [3.8, 4) is 0 Å². The molecule has 2 N–H and O–H groups in total. The summed E-state index contributed by atoms with van der Waals surface area (Å²) in [7, 11) is 0. The summed E-state index contributed by atoms with van der Waals surface area (Å²) in [5.74, 6) is 1.04. The Labute approximate surface area is 149 Å². The lowest BCUT2D eigenvalue weighted by Crippen LogP contribution is -2.30. The average Bonchev–Trinajstić information content (AvgIpc) is 2.81. The van der Waals surface area contributed by atoms with Gasteiger partial charge in [0.05, 0.1) is 19.0 Å². The zero-order chi connectivity index (χ0) is 17.6. The highest BCUT2D eigenvalue weighted by Gasteiger charge is 2.23. The highest BCUT2D eigenvalue weighted by Crippen LogP contribution is 2.23. The minimum atomic E-state index is -0.397. The SMILES string of the molecule is CC(c1nc(CC(N)=O)nn1Cc1ccccc1)N1CCCCCC1. The highest BCUT2D eigenvalue weighted by atomic mass is 16.1. The van der Waals surface area contributed by atoms with Crippen LogP contribution in [0.3, 0.4) is 0 Å². The molecule has 2 heterocycles. The van der Waals surface area contributed by atoms with Crippen LogP contribution < -0.4 is 5.73 Å².